The van der Waals surface area contributed by atoms with Crippen LogP contribution in [0.3, 0.4) is 0 Å². The van der Waals surface area contributed by atoms with Gasteiger partial charge in [0.25, 0.3) is 10.1 Å². The summed E-state index contributed by atoms with van der Waals surface area (Å²) in [6, 6.07) is 12.3. The Morgan fingerprint density at radius 3 is 2.10 bits per heavy atom. The maximum Gasteiger partial charge on any atom is 0.296 e. The molecular weight excluding hydrogens is 495 g/mol. The van der Waals surface area contributed by atoms with E-state index in [1.54, 1.807) is 37.3 Å². The number of nitrogens with one attached hydrogen (secondary N) is 1. The third-order valence-electron chi connectivity index (χ3n) is 4.87. The summed E-state index contributed by atoms with van der Waals surface area (Å²) in [4.78, 5) is 26.0. The fourth-order valence-electron chi connectivity index (χ4n) is 3.48. The molecule has 31 heavy (non-hydrogen) atoms. The number of halogens is 1. The summed E-state index contributed by atoms with van der Waals surface area (Å²) in [5.74, 6) is -0.816. The Labute approximate surface area is 209 Å². The van der Waals surface area contributed by atoms with Gasteiger partial charge >= 0.3 is 0 Å². The molecule has 0 bridgehead atoms. The number of carbonyl (C=O) groups is 2. The summed E-state index contributed by atoms with van der Waals surface area (Å²) in [6.45, 7) is 1.68. The Bertz CT molecular complexity index is 1370. The van der Waals surface area contributed by atoms with E-state index < -0.39 is 21.7 Å². The number of nitrogens with two attached hydrogens (primary N) is 1. The number of fused-ring (bicyclic) bond motifs is 2. The maximum absolute atomic E-state index is 13.2. The van der Waals surface area contributed by atoms with Crippen LogP contribution in [0.25, 0.3) is 0 Å². The molecule has 153 valence electrons. The van der Waals surface area contributed by atoms with Crippen LogP contribution in [-0.4, -0.2) is 54.1 Å². The average molecular weight is 510 g/mol. The number of nitrogen functional groups attached to an aromatic ring is 1. The van der Waals surface area contributed by atoms with Gasteiger partial charge in [0.05, 0.1) is 28.2 Å². The minimum Gasteiger partial charge on any atom is -0.397 e. The fraction of sp³-hybridized carbons (Fsp3) is 0.0476. The largest absolute Gasteiger partial charge is 0.397 e. The predicted octanol–water partition coefficient (Wildman–Crippen LogP) is 3.72. The summed E-state index contributed by atoms with van der Waals surface area (Å²) in [6.07, 6.45) is 0. The molecule has 0 atom stereocenters. The van der Waals surface area contributed by atoms with Gasteiger partial charge in [0.1, 0.15) is 4.90 Å². The summed E-state index contributed by atoms with van der Waals surface area (Å²) < 4.78 is 33.7. The van der Waals surface area contributed by atoms with Crippen LogP contribution < -0.4 is 11.1 Å². The molecule has 0 aliphatic heterocycles. The molecule has 1 aliphatic rings. The van der Waals surface area contributed by atoms with E-state index in [1.807, 2.05) is 0 Å². The van der Waals surface area contributed by atoms with E-state index in [9.17, 15) is 22.6 Å². The van der Waals surface area contributed by atoms with Gasteiger partial charge in [-0.1, -0.05) is 30.3 Å². The van der Waals surface area contributed by atoms with Gasteiger partial charge < -0.3 is 11.1 Å². The summed E-state index contributed by atoms with van der Waals surface area (Å²) >= 11 is 3.30. The first-order valence-corrected chi connectivity index (χ1v) is 11.0. The van der Waals surface area contributed by atoms with E-state index >= 15 is 0 Å². The van der Waals surface area contributed by atoms with E-state index in [1.165, 1.54) is 18.2 Å². The van der Waals surface area contributed by atoms with Crippen molar-refractivity contribution in [2.24, 2.45) is 0 Å². The number of benzene rings is 3. The Kier molecular flexibility index (Phi) is 6.48. The number of rotatable bonds is 3. The van der Waals surface area contributed by atoms with Gasteiger partial charge in [-0.2, -0.15) is 8.42 Å². The molecule has 10 heteroatoms. The Morgan fingerprint density at radius 1 is 0.935 bits per heavy atom. The van der Waals surface area contributed by atoms with Crippen molar-refractivity contribution in [3.63, 3.8) is 0 Å². The summed E-state index contributed by atoms with van der Waals surface area (Å²) in [7, 11) is -4.54. The van der Waals surface area contributed by atoms with Gasteiger partial charge in [-0.15, -0.1) is 0 Å². The topological polar surface area (TPSA) is 127 Å². The van der Waals surface area contributed by atoms with E-state index in [4.69, 9.17) is 5.73 Å². The number of hydrogen-bond donors (Lipinski definition) is 3. The molecule has 4 rings (SSSR count). The maximum atomic E-state index is 13.2. The van der Waals surface area contributed by atoms with E-state index in [0.29, 0.717) is 10.0 Å². The van der Waals surface area contributed by atoms with Crippen LogP contribution in [0.1, 0.15) is 37.4 Å². The smallest absolute Gasteiger partial charge is 0.296 e. The summed E-state index contributed by atoms with van der Waals surface area (Å²) in [5, 5.41) is 2.89. The Hall–Kier alpha value is -2.01. The zero-order valence-corrected chi connectivity index (χ0v) is 21.0. The zero-order valence-electron chi connectivity index (χ0n) is 16.6. The predicted molar refractivity (Wildman–Crippen MR) is 122 cm³/mol. The van der Waals surface area contributed by atoms with Crippen molar-refractivity contribution in [3.05, 3.63) is 80.8 Å². The van der Waals surface area contributed by atoms with Crippen molar-refractivity contribution in [3.8, 4) is 0 Å². The van der Waals surface area contributed by atoms with Crippen molar-refractivity contribution in [2.45, 2.75) is 11.8 Å². The second-order valence-corrected chi connectivity index (χ2v) is 9.12. The van der Waals surface area contributed by atoms with Crippen LogP contribution in [0.2, 0.25) is 0 Å². The monoisotopic (exact) mass is 509 g/mol. The number of anilines is 3. The van der Waals surface area contributed by atoms with Crippen LogP contribution in [0.5, 0.6) is 0 Å². The molecule has 0 saturated heterocycles. The molecule has 3 aromatic rings. The van der Waals surface area contributed by atoms with Crippen LogP contribution in [0.4, 0.5) is 17.1 Å². The van der Waals surface area contributed by atoms with Gasteiger partial charge in [0.15, 0.2) is 11.6 Å². The minimum atomic E-state index is -4.54. The molecule has 0 unspecified atom stereocenters. The van der Waals surface area contributed by atoms with Gasteiger partial charge in [-0.25, -0.2) is 0 Å². The molecule has 0 heterocycles. The molecule has 1 radical (unpaired) electrons. The number of aryl methyl sites for hydroxylation is 1. The zero-order chi connectivity index (χ0) is 21.8. The van der Waals surface area contributed by atoms with E-state index in [2.05, 4.69) is 21.2 Å². The van der Waals surface area contributed by atoms with E-state index in [0.717, 1.165) is 0 Å². The molecule has 3 aromatic carbocycles. The Morgan fingerprint density at radius 2 is 1.52 bits per heavy atom. The van der Waals surface area contributed by atoms with Crippen LogP contribution in [0.15, 0.2) is 57.9 Å². The fourth-order valence-corrected chi connectivity index (χ4v) is 4.63. The van der Waals surface area contributed by atoms with Crippen molar-refractivity contribution in [1.82, 2.24) is 0 Å². The van der Waals surface area contributed by atoms with Gasteiger partial charge in [0.2, 0.25) is 0 Å². The number of hydrogen-bond acceptors (Lipinski definition) is 6. The summed E-state index contributed by atoms with van der Waals surface area (Å²) in [5.41, 5.74) is 7.65. The molecule has 0 spiro atoms. The van der Waals surface area contributed by atoms with Gasteiger partial charge in [-0.05, 0) is 46.6 Å². The second-order valence-electron chi connectivity index (χ2n) is 6.87. The molecule has 1 aliphatic carbocycles. The van der Waals surface area contributed by atoms with Crippen molar-refractivity contribution >= 4 is 84.2 Å². The van der Waals surface area contributed by atoms with Gasteiger partial charge in [0, 0.05) is 45.2 Å². The third kappa shape index (κ3) is 4.09. The number of ketones is 2. The van der Waals surface area contributed by atoms with Crippen LogP contribution in [0, 0.1) is 6.92 Å². The first kappa shape index (κ1) is 23.6. The molecule has 0 fully saturated rings. The standard InChI is InChI=1S/C21H15BrN2O5S.Na/c1-10-6-7-14(16(8-10)30(27,28)29)24-15-9-13(22)19(23)18-17(15)20(25)11-4-2-3-5-12(11)21(18)26;/h2-9,24H,23H2,1H3,(H,27,28,29);. The first-order valence-electron chi connectivity index (χ1n) is 8.75. The first-order chi connectivity index (χ1) is 14.1. The quantitative estimate of drug-likeness (QED) is 0.218. The third-order valence-corrected chi connectivity index (χ3v) is 6.42. The number of carbonyl (C=O) groups excluding carboxylic acids is 2. The average Bonchev–Trinajstić information content (AvgIpc) is 2.69. The molecule has 0 saturated carbocycles. The minimum absolute atomic E-state index is 0. The SMILES string of the molecule is Cc1ccc(Nc2cc(Br)c(N)c3c2C(=O)c2ccccc2C3=O)c(S(=O)(=O)O)c1.[Na]. The van der Waals surface area contributed by atoms with Crippen LogP contribution in [-0.2, 0) is 10.1 Å². The second kappa shape index (κ2) is 8.50. The van der Waals surface area contributed by atoms with Gasteiger partial charge in [-0.3, -0.25) is 14.1 Å². The normalized spacial score (nSPS) is 12.6. The molecule has 0 amide bonds. The molecule has 7 nitrogen and oxygen atoms in total. The van der Waals surface area contributed by atoms with Crippen molar-refractivity contribution in [1.29, 1.82) is 0 Å². The van der Waals surface area contributed by atoms with Crippen LogP contribution >= 0.6 is 15.9 Å². The van der Waals surface area contributed by atoms with E-state index in [-0.39, 0.29) is 73.8 Å². The van der Waals surface area contributed by atoms with Crippen molar-refractivity contribution in [2.75, 3.05) is 11.1 Å². The molecular formula is C21H15BrN2NaO5S. The molecule has 0 aromatic heterocycles. The Balaban J connectivity index is 0.00000272. The van der Waals surface area contributed by atoms with Crippen molar-refractivity contribution < 1.29 is 22.6 Å². The molecule has 4 N–H and O–H groups in total.